The van der Waals surface area contributed by atoms with Crippen LogP contribution in [-0.4, -0.2) is 25.4 Å². The lowest BCUT2D eigenvalue weighted by Crippen LogP contribution is -2.14. The van der Waals surface area contributed by atoms with E-state index in [4.69, 9.17) is 0 Å². The molecule has 0 fully saturated rings. The molecule has 0 atom stereocenters. The van der Waals surface area contributed by atoms with E-state index in [1.165, 1.54) is 16.7 Å². The number of fused-ring (bicyclic) bond motifs is 1. The van der Waals surface area contributed by atoms with Crippen LogP contribution in [0.2, 0.25) is 0 Å². The second kappa shape index (κ2) is 7.21. The Balaban J connectivity index is 1.85. The summed E-state index contributed by atoms with van der Waals surface area (Å²) in [5.41, 5.74) is 3.14. The molecule has 0 saturated carbocycles. The SMILES string of the molecule is Cc1ccc(C=Cc2cc(=O)n3c(-c4cccnc4)c(C(=O)O)sc3n2)cc1. The number of hydrogen-bond acceptors (Lipinski definition) is 5. The van der Waals surface area contributed by atoms with Crippen LogP contribution in [0, 0.1) is 6.92 Å². The first-order valence-electron chi connectivity index (χ1n) is 8.48. The Morgan fingerprint density at radius 2 is 1.96 bits per heavy atom. The number of benzene rings is 1. The summed E-state index contributed by atoms with van der Waals surface area (Å²) in [5, 5.41) is 9.60. The lowest BCUT2D eigenvalue weighted by atomic mass is 10.1. The maximum atomic E-state index is 12.8. The zero-order valence-corrected chi connectivity index (χ0v) is 15.7. The van der Waals surface area contributed by atoms with E-state index in [0.29, 0.717) is 21.9 Å². The maximum Gasteiger partial charge on any atom is 0.348 e. The number of aromatic carboxylic acids is 1. The number of carboxylic acids is 1. The van der Waals surface area contributed by atoms with Crippen LogP contribution in [0.25, 0.3) is 28.4 Å². The highest BCUT2D eigenvalue weighted by molar-refractivity contribution is 7.19. The van der Waals surface area contributed by atoms with Crippen molar-refractivity contribution in [2.45, 2.75) is 6.92 Å². The molecule has 0 radical (unpaired) electrons. The number of nitrogens with zero attached hydrogens (tertiary/aromatic N) is 3. The lowest BCUT2D eigenvalue weighted by Gasteiger charge is -2.03. The Labute approximate surface area is 164 Å². The van der Waals surface area contributed by atoms with E-state index in [9.17, 15) is 14.7 Å². The average Bonchev–Trinajstić information content (AvgIpc) is 3.09. The summed E-state index contributed by atoms with van der Waals surface area (Å²) >= 11 is 0.969. The van der Waals surface area contributed by atoms with E-state index >= 15 is 0 Å². The molecule has 0 saturated heterocycles. The minimum absolute atomic E-state index is 0.0530. The van der Waals surface area contributed by atoms with Gasteiger partial charge in [-0.25, -0.2) is 14.2 Å². The first kappa shape index (κ1) is 17.8. The van der Waals surface area contributed by atoms with E-state index in [2.05, 4.69) is 9.97 Å². The Kier molecular flexibility index (Phi) is 4.58. The molecule has 4 aromatic rings. The number of aryl methyl sites for hydroxylation is 1. The summed E-state index contributed by atoms with van der Waals surface area (Å²) in [4.78, 5) is 33.4. The van der Waals surface area contributed by atoms with Gasteiger partial charge in [-0.2, -0.15) is 0 Å². The van der Waals surface area contributed by atoms with Crippen LogP contribution in [0.15, 0.2) is 59.7 Å². The van der Waals surface area contributed by atoms with Crippen LogP contribution in [-0.2, 0) is 0 Å². The standard InChI is InChI=1S/C21H15N3O3S/c1-13-4-6-14(7-5-13)8-9-16-11-17(25)24-18(15-3-2-10-22-12-15)19(20(26)27)28-21(24)23-16/h2-12H,1H3,(H,26,27). The van der Waals surface area contributed by atoms with E-state index in [1.54, 1.807) is 24.4 Å². The fourth-order valence-electron chi connectivity index (χ4n) is 2.85. The Bertz CT molecular complexity index is 1260. The molecular formula is C21H15N3O3S. The van der Waals surface area contributed by atoms with Gasteiger partial charge in [-0.3, -0.25) is 9.78 Å². The van der Waals surface area contributed by atoms with Crippen molar-refractivity contribution in [2.75, 3.05) is 0 Å². The van der Waals surface area contributed by atoms with Gasteiger partial charge in [0.25, 0.3) is 5.56 Å². The highest BCUT2D eigenvalue weighted by Gasteiger charge is 2.21. The maximum absolute atomic E-state index is 12.8. The molecule has 0 aliphatic rings. The summed E-state index contributed by atoms with van der Waals surface area (Å²) in [6.45, 7) is 2.01. The number of pyridine rings is 1. The first-order valence-corrected chi connectivity index (χ1v) is 9.29. The van der Waals surface area contributed by atoms with Crippen LogP contribution in [0.5, 0.6) is 0 Å². The smallest absolute Gasteiger partial charge is 0.348 e. The molecule has 28 heavy (non-hydrogen) atoms. The van der Waals surface area contributed by atoms with E-state index in [-0.39, 0.29) is 10.4 Å². The quantitative estimate of drug-likeness (QED) is 0.570. The monoisotopic (exact) mass is 389 g/mol. The Hall–Kier alpha value is -3.58. The van der Waals surface area contributed by atoms with Crippen molar-refractivity contribution in [1.29, 1.82) is 0 Å². The number of aromatic nitrogens is 3. The number of hydrogen-bond donors (Lipinski definition) is 1. The normalized spacial score (nSPS) is 11.3. The van der Waals surface area contributed by atoms with Crippen LogP contribution in [0.3, 0.4) is 0 Å². The highest BCUT2D eigenvalue weighted by Crippen LogP contribution is 2.30. The average molecular weight is 389 g/mol. The third kappa shape index (κ3) is 3.35. The largest absolute Gasteiger partial charge is 0.477 e. The van der Waals surface area contributed by atoms with Gasteiger partial charge in [0.05, 0.1) is 11.4 Å². The summed E-state index contributed by atoms with van der Waals surface area (Å²) in [5.74, 6) is -1.11. The summed E-state index contributed by atoms with van der Waals surface area (Å²) in [6.07, 6.45) is 6.74. The van der Waals surface area contributed by atoms with E-state index < -0.39 is 5.97 Å². The van der Waals surface area contributed by atoms with Crippen molar-refractivity contribution in [3.63, 3.8) is 0 Å². The molecule has 6 nitrogen and oxygen atoms in total. The number of rotatable bonds is 4. The highest BCUT2D eigenvalue weighted by atomic mass is 32.1. The van der Waals surface area contributed by atoms with Gasteiger partial charge in [0.1, 0.15) is 4.88 Å². The molecule has 0 amide bonds. The molecule has 0 bridgehead atoms. The van der Waals surface area contributed by atoms with Crippen LogP contribution in [0.4, 0.5) is 0 Å². The second-order valence-corrected chi connectivity index (χ2v) is 7.19. The van der Waals surface area contributed by atoms with Gasteiger partial charge in [0.2, 0.25) is 0 Å². The summed E-state index contributed by atoms with van der Waals surface area (Å²) in [6, 6.07) is 12.8. The van der Waals surface area contributed by atoms with Gasteiger partial charge in [-0.05, 0) is 30.7 Å². The topological polar surface area (TPSA) is 84.6 Å². The molecule has 138 valence electrons. The zero-order chi connectivity index (χ0) is 19.7. The van der Waals surface area contributed by atoms with E-state index in [1.807, 2.05) is 37.3 Å². The van der Waals surface area contributed by atoms with Gasteiger partial charge in [0.15, 0.2) is 4.96 Å². The third-order valence-electron chi connectivity index (χ3n) is 4.19. The lowest BCUT2D eigenvalue weighted by molar-refractivity contribution is 0.0702. The van der Waals surface area contributed by atoms with Crippen LogP contribution in [0.1, 0.15) is 26.5 Å². The van der Waals surface area contributed by atoms with Crippen molar-refractivity contribution >= 4 is 34.4 Å². The summed E-state index contributed by atoms with van der Waals surface area (Å²) in [7, 11) is 0. The molecule has 0 unspecified atom stereocenters. The second-order valence-electron chi connectivity index (χ2n) is 6.21. The molecular weight excluding hydrogens is 374 g/mol. The van der Waals surface area contributed by atoms with Crippen molar-refractivity contribution in [1.82, 2.24) is 14.4 Å². The van der Waals surface area contributed by atoms with Gasteiger partial charge in [-0.1, -0.05) is 47.2 Å². The van der Waals surface area contributed by atoms with Crippen LogP contribution >= 0.6 is 11.3 Å². The molecule has 4 rings (SSSR count). The molecule has 1 N–H and O–H groups in total. The fourth-order valence-corrected chi connectivity index (χ4v) is 3.85. The third-order valence-corrected chi connectivity index (χ3v) is 5.22. The number of carboxylic acid groups (broad SMARTS) is 1. The van der Waals surface area contributed by atoms with Crippen LogP contribution < -0.4 is 5.56 Å². The van der Waals surface area contributed by atoms with Gasteiger partial charge < -0.3 is 5.11 Å². The number of thiazole rings is 1. The molecule has 1 aromatic carbocycles. The number of carbonyl (C=O) groups is 1. The zero-order valence-electron chi connectivity index (χ0n) is 14.9. The molecule has 3 aromatic heterocycles. The molecule has 0 spiro atoms. The molecule has 0 aliphatic carbocycles. The van der Waals surface area contributed by atoms with Crippen molar-refractivity contribution in [2.24, 2.45) is 0 Å². The van der Waals surface area contributed by atoms with Crippen molar-refractivity contribution in [3.05, 3.63) is 86.9 Å². The molecule has 7 heteroatoms. The molecule has 0 aliphatic heterocycles. The van der Waals surface area contributed by atoms with Gasteiger partial charge >= 0.3 is 5.97 Å². The minimum Gasteiger partial charge on any atom is -0.477 e. The Morgan fingerprint density at radius 1 is 1.18 bits per heavy atom. The van der Waals surface area contributed by atoms with E-state index in [0.717, 1.165) is 22.5 Å². The molecule has 3 heterocycles. The first-order chi connectivity index (χ1) is 13.5. The van der Waals surface area contributed by atoms with Gasteiger partial charge in [-0.15, -0.1) is 0 Å². The fraction of sp³-hybridized carbons (Fsp3) is 0.0476. The predicted molar refractivity (Wildman–Crippen MR) is 110 cm³/mol. The predicted octanol–water partition coefficient (Wildman–Crippen LogP) is 4.00. The minimum atomic E-state index is -1.11. The van der Waals surface area contributed by atoms with Crippen molar-refractivity contribution < 1.29 is 9.90 Å². The summed E-state index contributed by atoms with van der Waals surface area (Å²) < 4.78 is 1.33. The Morgan fingerprint density at radius 3 is 2.64 bits per heavy atom. The van der Waals surface area contributed by atoms with Crippen molar-refractivity contribution in [3.8, 4) is 11.3 Å². The van der Waals surface area contributed by atoms with Gasteiger partial charge in [0, 0.05) is 24.0 Å².